The van der Waals surface area contributed by atoms with E-state index in [0.717, 1.165) is 12.1 Å². The number of rotatable bonds is 7. The fourth-order valence-electron chi connectivity index (χ4n) is 1.84. The van der Waals surface area contributed by atoms with Gasteiger partial charge in [-0.15, -0.1) is 0 Å². The van der Waals surface area contributed by atoms with E-state index in [1.165, 1.54) is 0 Å². The molecule has 6 nitrogen and oxygen atoms in total. The third-order valence-electron chi connectivity index (χ3n) is 2.73. The Balaban J connectivity index is 2.60. The second kappa shape index (κ2) is 8.97. The van der Waals surface area contributed by atoms with Crippen LogP contribution in [0.1, 0.15) is 20.3 Å². The van der Waals surface area contributed by atoms with Crippen molar-refractivity contribution in [3.05, 3.63) is 30.3 Å². The van der Waals surface area contributed by atoms with Crippen molar-refractivity contribution in [2.24, 2.45) is 0 Å². The van der Waals surface area contributed by atoms with E-state index in [1.54, 1.807) is 11.8 Å². The quantitative estimate of drug-likeness (QED) is 0.703. The topological polar surface area (TPSA) is 81.7 Å². The summed E-state index contributed by atoms with van der Waals surface area (Å²) in [6, 6.07) is 8.81. The molecule has 3 amide bonds. The number of nitrogens with one attached hydrogen (secondary N) is 2. The number of hydrogen-bond acceptors (Lipinski definition) is 4. The Labute approximate surface area is 125 Å². The predicted octanol–water partition coefficient (Wildman–Crippen LogP) is 1.11. The summed E-state index contributed by atoms with van der Waals surface area (Å²) in [6.07, 6.45) is 0.228. The average molecular weight is 293 g/mol. The van der Waals surface area contributed by atoms with E-state index in [2.05, 4.69) is 10.6 Å². The highest BCUT2D eigenvalue weighted by Gasteiger charge is 2.15. The number of hydrogen-bond donors (Lipinski definition) is 3. The standard InChI is InChI=1S/C15H23N3O3/c1-3-9-16-15(21)17-14(20)11-18(10-12(2)19)13-7-5-4-6-8-13/h4-8,12,19H,3,9-11H2,1-2H3,(H2,16,17,20,21)/t12-/m0/s1. The summed E-state index contributed by atoms with van der Waals surface area (Å²) < 4.78 is 0. The van der Waals surface area contributed by atoms with Crippen LogP contribution < -0.4 is 15.5 Å². The average Bonchev–Trinajstić information content (AvgIpc) is 2.44. The fraction of sp³-hybridized carbons (Fsp3) is 0.467. The number of imide groups is 1. The van der Waals surface area contributed by atoms with Crippen LogP contribution in [-0.4, -0.2) is 42.8 Å². The Morgan fingerprint density at radius 1 is 1.29 bits per heavy atom. The summed E-state index contributed by atoms with van der Waals surface area (Å²) in [7, 11) is 0. The van der Waals surface area contributed by atoms with Gasteiger partial charge >= 0.3 is 6.03 Å². The molecular weight excluding hydrogens is 270 g/mol. The maximum absolute atomic E-state index is 11.9. The molecule has 1 rings (SSSR count). The normalized spacial score (nSPS) is 11.6. The van der Waals surface area contributed by atoms with Crippen LogP contribution in [0.4, 0.5) is 10.5 Å². The van der Waals surface area contributed by atoms with Gasteiger partial charge < -0.3 is 15.3 Å². The Morgan fingerprint density at radius 2 is 1.95 bits per heavy atom. The van der Waals surface area contributed by atoms with E-state index in [-0.39, 0.29) is 6.54 Å². The van der Waals surface area contributed by atoms with Gasteiger partial charge in [0.1, 0.15) is 0 Å². The molecule has 0 heterocycles. The molecule has 3 N–H and O–H groups in total. The van der Waals surface area contributed by atoms with Crippen LogP contribution in [0.15, 0.2) is 30.3 Å². The van der Waals surface area contributed by atoms with E-state index in [9.17, 15) is 14.7 Å². The number of aliphatic hydroxyl groups is 1. The Morgan fingerprint density at radius 3 is 2.52 bits per heavy atom. The lowest BCUT2D eigenvalue weighted by molar-refractivity contribution is -0.118. The molecule has 1 aromatic rings. The van der Waals surface area contributed by atoms with E-state index < -0.39 is 18.0 Å². The zero-order chi connectivity index (χ0) is 15.7. The van der Waals surface area contributed by atoms with Crippen LogP contribution in [-0.2, 0) is 4.79 Å². The van der Waals surface area contributed by atoms with Gasteiger partial charge in [-0.3, -0.25) is 10.1 Å². The number of nitrogens with zero attached hydrogens (tertiary/aromatic N) is 1. The number of aliphatic hydroxyl groups excluding tert-OH is 1. The summed E-state index contributed by atoms with van der Waals surface area (Å²) in [4.78, 5) is 25.1. The number of urea groups is 1. The highest BCUT2D eigenvalue weighted by Crippen LogP contribution is 2.13. The van der Waals surface area contributed by atoms with Crippen molar-refractivity contribution in [3.63, 3.8) is 0 Å². The fourth-order valence-corrected chi connectivity index (χ4v) is 1.84. The number of carbonyl (C=O) groups excluding carboxylic acids is 2. The van der Waals surface area contributed by atoms with Gasteiger partial charge in [-0.1, -0.05) is 25.1 Å². The van der Waals surface area contributed by atoms with Gasteiger partial charge in [0.25, 0.3) is 0 Å². The highest BCUT2D eigenvalue weighted by molar-refractivity contribution is 5.96. The van der Waals surface area contributed by atoms with Crippen molar-refractivity contribution in [3.8, 4) is 0 Å². The first-order chi connectivity index (χ1) is 10.0. The SMILES string of the molecule is CCCNC(=O)NC(=O)CN(C[C@H](C)O)c1ccccc1. The molecule has 1 atom stereocenters. The van der Waals surface area contributed by atoms with Crippen LogP contribution in [0, 0.1) is 0 Å². The Bertz CT molecular complexity index is 449. The van der Waals surface area contributed by atoms with Gasteiger partial charge in [-0.2, -0.15) is 0 Å². The molecule has 116 valence electrons. The number of para-hydroxylation sites is 1. The van der Waals surface area contributed by atoms with Crippen molar-refractivity contribution >= 4 is 17.6 Å². The van der Waals surface area contributed by atoms with Crippen molar-refractivity contribution in [1.82, 2.24) is 10.6 Å². The van der Waals surface area contributed by atoms with Crippen LogP contribution >= 0.6 is 0 Å². The van der Waals surface area contributed by atoms with Gasteiger partial charge in [0, 0.05) is 18.8 Å². The van der Waals surface area contributed by atoms with Crippen LogP contribution in [0.3, 0.4) is 0 Å². The summed E-state index contributed by atoms with van der Waals surface area (Å²) >= 11 is 0. The third-order valence-corrected chi connectivity index (χ3v) is 2.73. The molecule has 0 fully saturated rings. The van der Waals surface area contributed by atoms with Gasteiger partial charge in [-0.05, 0) is 25.5 Å². The first-order valence-electron chi connectivity index (χ1n) is 7.08. The molecule has 0 saturated heterocycles. The minimum Gasteiger partial charge on any atom is -0.392 e. The van der Waals surface area contributed by atoms with Crippen LogP contribution in [0.25, 0.3) is 0 Å². The van der Waals surface area contributed by atoms with Crippen molar-refractivity contribution in [2.45, 2.75) is 26.4 Å². The molecule has 0 spiro atoms. The number of carbonyl (C=O) groups is 2. The van der Waals surface area contributed by atoms with E-state index in [4.69, 9.17) is 0 Å². The Hall–Kier alpha value is -2.08. The zero-order valence-electron chi connectivity index (χ0n) is 12.5. The summed E-state index contributed by atoms with van der Waals surface area (Å²) in [5, 5.41) is 14.4. The molecular formula is C15H23N3O3. The number of benzene rings is 1. The van der Waals surface area contributed by atoms with Gasteiger partial charge in [0.15, 0.2) is 0 Å². The summed E-state index contributed by atoms with van der Waals surface area (Å²) in [5.41, 5.74) is 0.822. The molecule has 0 aliphatic rings. The molecule has 21 heavy (non-hydrogen) atoms. The van der Waals surface area contributed by atoms with E-state index >= 15 is 0 Å². The predicted molar refractivity (Wildman–Crippen MR) is 82.2 cm³/mol. The van der Waals surface area contributed by atoms with Gasteiger partial charge in [0.2, 0.25) is 5.91 Å². The molecule has 6 heteroatoms. The van der Waals surface area contributed by atoms with Crippen molar-refractivity contribution < 1.29 is 14.7 Å². The second-order valence-corrected chi connectivity index (χ2v) is 4.87. The minimum atomic E-state index is -0.577. The first kappa shape index (κ1) is 17.0. The molecule has 0 unspecified atom stereocenters. The minimum absolute atomic E-state index is 0.00839. The van der Waals surface area contributed by atoms with Crippen LogP contribution in [0.5, 0.6) is 0 Å². The lowest BCUT2D eigenvalue weighted by atomic mass is 10.2. The van der Waals surface area contributed by atoms with E-state index in [1.807, 2.05) is 37.3 Å². The van der Waals surface area contributed by atoms with Crippen molar-refractivity contribution in [2.75, 3.05) is 24.5 Å². The van der Waals surface area contributed by atoms with Crippen LogP contribution in [0.2, 0.25) is 0 Å². The number of anilines is 1. The molecule has 0 radical (unpaired) electrons. The molecule has 0 saturated carbocycles. The van der Waals surface area contributed by atoms with Gasteiger partial charge in [0.05, 0.1) is 12.6 Å². The molecule has 0 bridgehead atoms. The number of amides is 3. The molecule has 0 aromatic heterocycles. The first-order valence-corrected chi connectivity index (χ1v) is 7.08. The molecule has 1 aromatic carbocycles. The lowest BCUT2D eigenvalue weighted by Gasteiger charge is -2.25. The molecule has 0 aliphatic heterocycles. The molecule has 0 aliphatic carbocycles. The largest absolute Gasteiger partial charge is 0.392 e. The highest BCUT2D eigenvalue weighted by atomic mass is 16.3. The van der Waals surface area contributed by atoms with Crippen molar-refractivity contribution in [1.29, 1.82) is 0 Å². The van der Waals surface area contributed by atoms with E-state index in [0.29, 0.717) is 13.1 Å². The summed E-state index contributed by atoms with van der Waals surface area (Å²) in [5.74, 6) is -0.409. The lowest BCUT2D eigenvalue weighted by Crippen LogP contribution is -2.46. The second-order valence-electron chi connectivity index (χ2n) is 4.87. The monoisotopic (exact) mass is 293 g/mol. The maximum atomic E-state index is 11.9. The smallest absolute Gasteiger partial charge is 0.321 e. The third kappa shape index (κ3) is 6.76. The Kier molecular flexibility index (Phi) is 7.25. The zero-order valence-corrected chi connectivity index (χ0v) is 12.5. The van der Waals surface area contributed by atoms with Gasteiger partial charge in [-0.25, -0.2) is 4.79 Å². The maximum Gasteiger partial charge on any atom is 0.321 e. The summed E-state index contributed by atoms with van der Waals surface area (Å²) in [6.45, 7) is 4.43.